The summed E-state index contributed by atoms with van der Waals surface area (Å²) in [5, 5.41) is 9.49. The van der Waals surface area contributed by atoms with Crippen LogP contribution in [0.3, 0.4) is 0 Å². The lowest BCUT2D eigenvalue weighted by molar-refractivity contribution is -0.125. The summed E-state index contributed by atoms with van der Waals surface area (Å²) in [7, 11) is 0. The molecule has 1 aromatic heterocycles. The normalized spacial score (nSPS) is 11.7. The van der Waals surface area contributed by atoms with Crippen molar-refractivity contribution in [3.05, 3.63) is 48.3 Å². The van der Waals surface area contributed by atoms with Crippen molar-refractivity contribution in [3.63, 3.8) is 0 Å². The fourth-order valence-electron chi connectivity index (χ4n) is 1.94. The van der Waals surface area contributed by atoms with Gasteiger partial charge in [-0.1, -0.05) is 12.1 Å². The van der Waals surface area contributed by atoms with Crippen LogP contribution in [0.25, 0.3) is 5.69 Å². The number of carbonyl (C=O) groups is 2. The van der Waals surface area contributed by atoms with Gasteiger partial charge in [-0.3, -0.25) is 9.59 Å². The third-order valence-electron chi connectivity index (χ3n) is 3.01. The zero-order chi connectivity index (χ0) is 15.2. The molecule has 0 spiro atoms. The monoisotopic (exact) mass is 286 g/mol. The average molecular weight is 286 g/mol. The Morgan fingerprint density at radius 3 is 2.81 bits per heavy atom. The second-order valence-corrected chi connectivity index (χ2v) is 4.74. The van der Waals surface area contributed by atoms with Gasteiger partial charge in [0.05, 0.1) is 18.3 Å². The average Bonchev–Trinajstić information content (AvgIpc) is 2.99. The number of rotatable bonds is 5. The first-order valence-corrected chi connectivity index (χ1v) is 6.70. The quantitative estimate of drug-likeness (QED) is 0.866. The minimum atomic E-state index is -0.224. The Bertz CT molecular complexity index is 622. The molecule has 0 fully saturated rings. The molecule has 0 radical (unpaired) electrons. The molecule has 0 aliphatic heterocycles. The van der Waals surface area contributed by atoms with Crippen LogP contribution in [0.15, 0.2) is 42.7 Å². The van der Waals surface area contributed by atoms with E-state index < -0.39 is 0 Å². The molecule has 1 atom stereocenters. The van der Waals surface area contributed by atoms with Gasteiger partial charge in [-0.2, -0.15) is 5.10 Å². The van der Waals surface area contributed by atoms with Gasteiger partial charge in [0.25, 0.3) is 0 Å². The number of benzene rings is 1. The Balaban J connectivity index is 2.02. The number of amides is 2. The molecule has 0 unspecified atom stereocenters. The smallest absolute Gasteiger partial charge is 0.239 e. The molecule has 2 N–H and O–H groups in total. The summed E-state index contributed by atoms with van der Waals surface area (Å²) in [5.41, 5.74) is 1.90. The largest absolute Gasteiger partial charge is 0.348 e. The van der Waals surface area contributed by atoms with Crippen LogP contribution in [0.1, 0.15) is 25.5 Å². The Labute approximate surface area is 123 Å². The van der Waals surface area contributed by atoms with E-state index in [0.717, 1.165) is 11.3 Å². The topological polar surface area (TPSA) is 76.0 Å². The van der Waals surface area contributed by atoms with E-state index in [0.29, 0.717) is 0 Å². The SMILES string of the molecule is CC(=O)NCC(=O)N[C@@H](C)c1cccc(-n2cccn2)c1. The molecule has 2 rings (SSSR count). The maximum absolute atomic E-state index is 11.7. The summed E-state index contributed by atoms with van der Waals surface area (Å²) in [5.74, 6) is -0.444. The van der Waals surface area contributed by atoms with E-state index in [1.807, 2.05) is 43.5 Å². The van der Waals surface area contributed by atoms with E-state index in [4.69, 9.17) is 0 Å². The molecule has 0 bridgehead atoms. The molecule has 0 saturated heterocycles. The first kappa shape index (κ1) is 14.8. The van der Waals surface area contributed by atoms with Crippen molar-refractivity contribution in [1.82, 2.24) is 20.4 Å². The van der Waals surface area contributed by atoms with Gasteiger partial charge >= 0.3 is 0 Å². The van der Waals surface area contributed by atoms with E-state index in [9.17, 15) is 9.59 Å². The van der Waals surface area contributed by atoms with E-state index in [2.05, 4.69) is 15.7 Å². The van der Waals surface area contributed by atoms with Gasteiger partial charge in [0.1, 0.15) is 0 Å². The van der Waals surface area contributed by atoms with Crippen LogP contribution in [0, 0.1) is 0 Å². The molecule has 0 aliphatic carbocycles. The number of hydrogen-bond acceptors (Lipinski definition) is 3. The molecule has 1 aromatic carbocycles. The Morgan fingerprint density at radius 1 is 1.33 bits per heavy atom. The molecule has 110 valence electrons. The Hall–Kier alpha value is -2.63. The zero-order valence-electron chi connectivity index (χ0n) is 12.0. The van der Waals surface area contributed by atoms with Gasteiger partial charge in [-0.25, -0.2) is 4.68 Å². The van der Waals surface area contributed by atoms with Crippen molar-refractivity contribution < 1.29 is 9.59 Å². The second kappa shape index (κ2) is 6.69. The van der Waals surface area contributed by atoms with Gasteiger partial charge in [-0.05, 0) is 30.7 Å². The Kier molecular flexibility index (Phi) is 4.71. The second-order valence-electron chi connectivity index (χ2n) is 4.74. The lowest BCUT2D eigenvalue weighted by Gasteiger charge is -2.15. The maximum atomic E-state index is 11.7. The van der Waals surface area contributed by atoms with Crippen LogP contribution >= 0.6 is 0 Å². The number of carbonyl (C=O) groups excluding carboxylic acids is 2. The Morgan fingerprint density at radius 2 is 2.14 bits per heavy atom. The van der Waals surface area contributed by atoms with Crippen molar-refractivity contribution >= 4 is 11.8 Å². The fraction of sp³-hybridized carbons (Fsp3) is 0.267. The van der Waals surface area contributed by atoms with Crippen molar-refractivity contribution in [2.24, 2.45) is 0 Å². The molecule has 21 heavy (non-hydrogen) atoms. The van der Waals surface area contributed by atoms with Crippen LogP contribution in [0.5, 0.6) is 0 Å². The number of aromatic nitrogens is 2. The van der Waals surface area contributed by atoms with Gasteiger partial charge < -0.3 is 10.6 Å². The third kappa shape index (κ3) is 4.17. The summed E-state index contributed by atoms with van der Waals surface area (Å²) in [6.45, 7) is 3.26. The third-order valence-corrected chi connectivity index (χ3v) is 3.01. The minimum Gasteiger partial charge on any atom is -0.348 e. The van der Waals surface area contributed by atoms with Crippen LogP contribution in [-0.2, 0) is 9.59 Å². The standard InChI is InChI=1S/C15H18N4O2/c1-11(18-15(21)10-16-12(2)20)13-5-3-6-14(9-13)19-8-4-7-17-19/h3-9,11H,10H2,1-2H3,(H,16,20)(H,18,21)/t11-/m0/s1. The molecule has 0 saturated carbocycles. The highest BCUT2D eigenvalue weighted by Crippen LogP contribution is 2.16. The minimum absolute atomic E-state index is 0.0154. The van der Waals surface area contributed by atoms with Gasteiger partial charge in [0.15, 0.2) is 0 Å². The maximum Gasteiger partial charge on any atom is 0.239 e. The molecule has 6 heteroatoms. The molecule has 2 aromatic rings. The van der Waals surface area contributed by atoms with Gasteiger partial charge in [0.2, 0.25) is 11.8 Å². The van der Waals surface area contributed by atoms with E-state index in [1.165, 1.54) is 6.92 Å². The lowest BCUT2D eigenvalue weighted by atomic mass is 10.1. The van der Waals surface area contributed by atoms with Gasteiger partial charge in [0, 0.05) is 19.3 Å². The van der Waals surface area contributed by atoms with Crippen molar-refractivity contribution in [1.29, 1.82) is 0 Å². The zero-order valence-corrected chi connectivity index (χ0v) is 12.0. The molecular formula is C15H18N4O2. The highest BCUT2D eigenvalue weighted by Gasteiger charge is 2.10. The molecule has 2 amide bonds. The highest BCUT2D eigenvalue weighted by molar-refractivity contribution is 5.83. The van der Waals surface area contributed by atoms with Crippen LogP contribution < -0.4 is 10.6 Å². The van der Waals surface area contributed by atoms with Crippen LogP contribution in [0.2, 0.25) is 0 Å². The number of nitrogens with one attached hydrogen (secondary N) is 2. The lowest BCUT2D eigenvalue weighted by Crippen LogP contribution is -2.37. The van der Waals surface area contributed by atoms with Crippen molar-refractivity contribution in [3.8, 4) is 5.69 Å². The summed E-state index contributed by atoms with van der Waals surface area (Å²) < 4.78 is 1.76. The van der Waals surface area contributed by atoms with E-state index in [-0.39, 0.29) is 24.4 Å². The van der Waals surface area contributed by atoms with Crippen LogP contribution in [-0.4, -0.2) is 28.1 Å². The fourth-order valence-corrected chi connectivity index (χ4v) is 1.94. The predicted molar refractivity (Wildman–Crippen MR) is 78.8 cm³/mol. The molecule has 6 nitrogen and oxygen atoms in total. The first-order valence-electron chi connectivity index (χ1n) is 6.70. The summed E-state index contributed by atoms with van der Waals surface area (Å²) in [6.07, 6.45) is 3.57. The number of hydrogen-bond donors (Lipinski definition) is 2. The molecule has 1 heterocycles. The first-order chi connectivity index (χ1) is 10.1. The molecular weight excluding hydrogens is 268 g/mol. The predicted octanol–water partition coefficient (Wildman–Crippen LogP) is 1.19. The summed E-state index contributed by atoms with van der Waals surface area (Å²) in [6, 6.07) is 9.48. The van der Waals surface area contributed by atoms with Crippen molar-refractivity contribution in [2.45, 2.75) is 19.9 Å². The molecule has 0 aliphatic rings. The summed E-state index contributed by atoms with van der Waals surface area (Å²) >= 11 is 0. The summed E-state index contributed by atoms with van der Waals surface area (Å²) in [4.78, 5) is 22.5. The van der Waals surface area contributed by atoms with E-state index >= 15 is 0 Å². The van der Waals surface area contributed by atoms with Crippen molar-refractivity contribution in [2.75, 3.05) is 6.54 Å². The highest BCUT2D eigenvalue weighted by atomic mass is 16.2. The van der Waals surface area contributed by atoms with Gasteiger partial charge in [-0.15, -0.1) is 0 Å². The van der Waals surface area contributed by atoms with E-state index in [1.54, 1.807) is 10.9 Å². The van der Waals surface area contributed by atoms with Crippen LogP contribution in [0.4, 0.5) is 0 Å². The number of nitrogens with zero attached hydrogens (tertiary/aromatic N) is 2.